The molecule has 28 heavy (non-hydrogen) atoms. The molecular formula is C19H21FN6O2. The van der Waals surface area contributed by atoms with E-state index in [2.05, 4.69) is 20.7 Å². The predicted molar refractivity (Wildman–Crippen MR) is 105 cm³/mol. The van der Waals surface area contributed by atoms with Gasteiger partial charge in [-0.3, -0.25) is 14.9 Å². The molecule has 3 rings (SSSR count). The van der Waals surface area contributed by atoms with Gasteiger partial charge in [-0.15, -0.1) is 0 Å². The van der Waals surface area contributed by atoms with Gasteiger partial charge in [0.05, 0.1) is 23.1 Å². The van der Waals surface area contributed by atoms with E-state index in [-0.39, 0.29) is 23.6 Å². The SMILES string of the molecule is CCCCNC(=O)NCc1ncc2c(=O)n(-c3ccccc3F)[nH]c2c1C=N. The van der Waals surface area contributed by atoms with Crippen LogP contribution < -0.4 is 16.2 Å². The summed E-state index contributed by atoms with van der Waals surface area (Å²) in [6, 6.07) is 5.57. The Balaban J connectivity index is 1.93. The average Bonchev–Trinajstić information content (AvgIpc) is 3.03. The van der Waals surface area contributed by atoms with Gasteiger partial charge in [0.2, 0.25) is 0 Å². The fourth-order valence-corrected chi connectivity index (χ4v) is 2.84. The normalized spacial score (nSPS) is 10.8. The van der Waals surface area contributed by atoms with Gasteiger partial charge < -0.3 is 16.0 Å². The number of pyridine rings is 1. The number of carbonyl (C=O) groups is 1. The molecule has 0 unspecified atom stereocenters. The monoisotopic (exact) mass is 384 g/mol. The number of fused-ring (bicyclic) bond motifs is 1. The molecule has 3 aromatic rings. The van der Waals surface area contributed by atoms with Gasteiger partial charge in [-0.05, 0) is 18.6 Å². The van der Waals surface area contributed by atoms with Crippen molar-refractivity contribution in [1.82, 2.24) is 25.4 Å². The van der Waals surface area contributed by atoms with Gasteiger partial charge in [0.15, 0.2) is 0 Å². The molecule has 2 amide bonds. The van der Waals surface area contributed by atoms with Crippen molar-refractivity contribution < 1.29 is 9.18 Å². The van der Waals surface area contributed by atoms with Crippen LogP contribution in [0.25, 0.3) is 16.6 Å². The highest BCUT2D eigenvalue weighted by atomic mass is 19.1. The molecular weight excluding hydrogens is 363 g/mol. The number of aromatic nitrogens is 3. The number of urea groups is 1. The van der Waals surface area contributed by atoms with Crippen LogP contribution in [0.2, 0.25) is 0 Å². The molecule has 4 N–H and O–H groups in total. The van der Waals surface area contributed by atoms with Gasteiger partial charge in [-0.2, -0.15) is 0 Å². The molecule has 0 aliphatic rings. The minimum atomic E-state index is -0.550. The van der Waals surface area contributed by atoms with Crippen LogP contribution in [0.15, 0.2) is 35.3 Å². The molecule has 2 heterocycles. The summed E-state index contributed by atoms with van der Waals surface area (Å²) in [5.41, 5.74) is 0.761. The van der Waals surface area contributed by atoms with Gasteiger partial charge in [-0.1, -0.05) is 25.5 Å². The number of halogens is 1. The number of nitrogens with one attached hydrogen (secondary N) is 4. The fraction of sp³-hybridized carbons (Fsp3) is 0.263. The minimum Gasteiger partial charge on any atom is -0.338 e. The smallest absolute Gasteiger partial charge is 0.315 e. The first-order valence-electron chi connectivity index (χ1n) is 8.96. The molecule has 0 aliphatic carbocycles. The number of benzene rings is 1. The number of amides is 2. The molecule has 146 valence electrons. The maximum atomic E-state index is 14.1. The third-order valence-corrected chi connectivity index (χ3v) is 4.33. The first kappa shape index (κ1) is 19.3. The van der Waals surface area contributed by atoms with Crippen LogP contribution in [-0.4, -0.2) is 33.6 Å². The number of H-pyrrole nitrogens is 1. The van der Waals surface area contributed by atoms with Gasteiger partial charge >= 0.3 is 6.03 Å². The molecule has 0 aliphatic heterocycles. The number of carbonyl (C=O) groups excluding carboxylic acids is 1. The summed E-state index contributed by atoms with van der Waals surface area (Å²) in [7, 11) is 0. The third-order valence-electron chi connectivity index (χ3n) is 4.33. The molecule has 0 fully saturated rings. The molecule has 0 saturated carbocycles. The number of rotatable bonds is 7. The maximum absolute atomic E-state index is 14.1. The summed E-state index contributed by atoms with van der Waals surface area (Å²) in [5.74, 6) is -0.550. The van der Waals surface area contributed by atoms with Gasteiger partial charge in [-0.25, -0.2) is 13.9 Å². The van der Waals surface area contributed by atoms with E-state index in [9.17, 15) is 14.0 Å². The molecule has 1 aromatic carbocycles. The Labute approximate surface area is 160 Å². The van der Waals surface area contributed by atoms with Crippen molar-refractivity contribution in [3.8, 4) is 5.69 Å². The van der Waals surface area contributed by atoms with Crippen LogP contribution >= 0.6 is 0 Å². The standard InChI is InChI=1S/C19H21FN6O2/c1-2-3-8-22-19(28)24-11-15-12(9-21)17-13(10-23-15)18(27)26(25-17)16-7-5-4-6-14(16)20/h4-7,9-10,21,25H,2-3,8,11H2,1H3,(H2,22,24,28). The van der Waals surface area contributed by atoms with Crippen LogP contribution in [-0.2, 0) is 6.54 Å². The Bertz CT molecular complexity index is 1070. The van der Waals surface area contributed by atoms with Crippen LogP contribution in [0.4, 0.5) is 9.18 Å². The summed E-state index contributed by atoms with van der Waals surface area (Å²) >= 11 is 0. The number of unbranched alkanes of at least 4 members (excludes halogenated alkanes) is 1. The Morgan fingerprint density at radius 1 is 1.36 bits per heavy atom. The van der Waals surface area contributed by atoms with Crippen LogP contribution in [0.1, 0.15) is 31.0 Å². The first-order chi connectivity index (χ1) is 13.6. The zero-order valence-electron chi connectivity index (χ0n) is 15.4. The Kier molecular flexibility index (Phi) is 5.83. The molecule has 0 radical (unpaired) electrons. The molecule has 8 nitrogen and oxygen atoms in total. The first-order valence-corrected chi connectivity index (χ1v) is 8.96. The number of hydrogen-bond donors (Lipinski definition) is 4. The minimum absolute atomic E-state index is 0.0783. The van der Waals surface area contributed by atoms with E-state index in [0.717, 1.165) is 23.7 Å². The molecule has 0 bridgehead atoms. The van der Waals surface area contributed by atoms with Crippen LogP contribution in [0.3, 0.4) is 0 Å². The third kappa shape index (κ3) is 3.78. The quantitative estimate of drug-likeness (QED) is 0.370. The van der Waals surface area contributed by atoms with Crippen molar-refractivity contribution in [2.75, 3.05) is 6.54 Å². The summed E-state index contributed by atoms with van der Waals surface area (Å²) in [5, 5.41) is 16.2. The zero-order valence-corrected chi connectivity index (χ0v) is 15.4. The molecule has 0 spiro atoms. The lowest BCUT2D eigenvalue weighted by atomic mass is 10.1. The molecule has 0 atom stereocenters. The summed E-state index contributed by atoms with van der Waals surface area (Å²) in [6.45, 7) is 2.69. The highest BCUT2D eigenvalue weighted by molar-refractivity contribution is 5.97. The number of para-hydroxylation sites is 1. The maximum Gasteiger partial charge on any atom is 0.315 e. The topological polar surface area (TPSA) is 116 Å². The number of nitrogens with zero attached hydrogens (tertiary/aromatic N) is 2. The lowest BCUT2D eigenvalue weighted by Crippen LogP contribution is -2.35. The summed E-state index contributed by atoms with van der Waals surface area (Å²) in [6.07, 6.45) is 4.28. The zero-order chi connectivity index (χ0) is 20.1. The highest BCUT2D eigenvalue weighted by Crippen LogP contribution is 2.18. The van der Waals surface area contributed by atoms with E-state index in [1.54, 1.807) is 6.07 Å². The van der Waals surface area contributed by atoms with Crippen LogP contribution in [0.5, 0.6) is 0 Å². The van der Waals surface area contributed by atoms with Crippen molar-refractivity contribution in [2.45, 2.75) is 26.3 Å². The van der Waals surface area contributed by atoms with E-state index in [0.29, 0.717) is 23.3 Å². The second-order valence-corrected chi connectivity index (χ2v) is 6.22. The predicted octanol–water partition coefficient (Wildman–Crippen LogP) is 2.45. The van der Waals surface area contributed by atoms with E-state index in [4.69, 9.17) is 5.41 Å². The molecule has 0 saturated heterocycles. The summed E-state index contributed by atoms with van der Waals surface area (Å²) < 4.78 is 15.2. The second kappa shape index (κ2) is 8.47. The fourth-order valence-electron chi connectivity index (χ4n) is 2.84. The lowest BCUT2D eigenvalue weighted by molar-refractivity contribution is 0.240. The van der Waals surface area contributed by atoms with Crippen molar-refractivity contribution >= 4 is 23.1 Å². The van der Waals surface area contributed by atoms with Gasteiger partial charge in [0.1, 0.15) is 11.5 Å². The van der Waals surface area contributed by atoms with E-state index < -0.39 is 11.4 Å². The highest BCUT2D eigenvalue weighted by Gasteiger charge is 2.17. The largest absolute Gasteiger partial charge is 0.338 e. The van der Waals surface area contributed by atoms with Crippen LogP contribution in [0, 0.1) is 11.2 Å². The number of hydrogen-bond acceptors (Lipinski definition) is 4. The van der Waals surface area contributed by atoms with E-state index >= 15 is 0 Å². The summed E-state index contributed by atoms with van der Waals surface area (Å²) in [4.78, 5) is 28.7. The second-order valence-electron chi connectivity index (χ2n) is 6.22. The average molecular weight is 384 g/mol. The van der Waals surface area contributed by atoms with Crippen molar-refractivity contribution in [1.29, 1.82) is 5.41 Å². The van der Waals surface area contributed by atoms with Gasteiger partial charge in [0, 0.05) is 24.5 Å². The Morgan fingerprint density at radius 2 is 2.14 bits per heavy atom. The van der Waals surface area contributed by atoms with Gasteiger partial charge in [0.25, 0.3) is 5.56 Å². The van der Waals surface area contributed by atoms with E-state index in [1.165, 1.54) is 24.4 Å². The van der Waals surface area contributed by atoms with Crippen molar-refractivity contribution in [2.24, 2.45) is 0 Å². The van der Waals surface area contributed by atoms with Crippen molar-refractivity contribution in [3.05, 3.63) is 57.9 Å². The Hall–Kier alpha value is -3.49. The number of aromatic amines is 1. The van der Waals surface area contributed by atoms with E-state index in [1.807, 2.05) is 6.92 Å². The lowest BCUT2D eigenvalue weighted by Gasteiger charge is -2.09. The van der Waals surface area contributed by atoms with Crippen molar-refractivity contribution in [3.63, 3.8) is 0 Å². The Morgan fingerprint density at radius 3 is 2.86 bits per heavy atom. The molecule has 2 aromatic heterocycles. The molecule has 9 heteroatoms.